The number of rotatable bonds is 3. The number of hydrogen-bond acceptors (Lipinski definition) is 5. The highest BCUT2D eigenvalue weighted by molar-refractivity contribution is 7.09. The fourth-order valence-corrected chi connectivity index (χ4v) is 2.24. The Morgan fingerprint density at radius 1 is 1.56 bits per heavy atom. The van der Waals surface area contributed by atoms with Gasteiger partial charge < -0.3 is 10.8 Å². The van der Waals surface area contributed by atoms with Crippen molar-refractivity contribution in [2.24, 2.45) is 0 Å². The van der Waals surface area contributed by atoms with Gasteiger partial charge in [-0.05, 0) is 24.6 Å². The summed E-state index contributed by atoms with van der Waals surface area (Å²) in [5, 5.41) is 12.6. The molecule has 2 aromatic heterocycles. The maximum atomic E-state index is 9.96. The van der Waals surface area contributed by atoms with E-state index in [1.54, 1.807) is 12.3 Å². The molecule has 4 nitrogen and oxygen atoms in total. The van der Waals surface area contributed by atoms with Crippen molar-refractivity contribution in [1.29, 1.82) is 0 Å². The molecule has 5 heteroatoms. The molecular weight excluding hydrogens is 222 g/mol. The second kappa shape index (κ2) is 4.59. The smallest absolute Gasteiger partial charge is 0.123 e. The van der Waals surface area contributed by atoms with E-state index in [9.17, 15) is 5.11 Å². The van der Waals surface area contributed by atoms with Crippen molar-refractivity contribution in [2.45, 2.75) is 19.4 Å². The average molecular weight is 235 g/mol. The number of aryl methyl sites for hydroxylation is 1. The van der Waals surface area contributed by atoms with E-state index < -0.39 is 6.10 Å². The molecule has 0 aliphatic rings. The average Bonchev–Trinajstić information content (AvgIpc) is 2.65. The van der Waals surface area contributed by atoms with Gasteiger partial charge in [0.2, 0.25) is 0 Å². The van der Waals surface area contributed by atoms with Crippen LogP contribution in [0.15, 0.2) is 23.7 Å². The van der Waals surface area contributed by atoms with Crippen LogP contribution in [0.1, 0.15) is 22.4 Å². The van der Waals surface area contributed by atoms with Crippen molar-refractivity contribution in [2.75, 3.05) is 5.73 Å². The van der Waals surface area contributed by atoms with Crippen LogP contribution in [-0.2, 0) is 6.42 Å². The van der Waals surface area contributed by atoms with Crippen molar-refractivity contribution >= 4 is 17.2 Å². The molecule has 0 aliphatic carbocycles. The monoisotopic (exact) mass is 235 g/mol. The highest BCUT2D eigenvalue weighted by Gasteiger charge is 2.12. The number of nitrogens with two attached hydrogens (primary N) is 1. The minimum atomic E-state index is -0.569. The first-order valence-corrected chi connectivity index (χ1v) is 5.83. The first-order chi connectivity index (χ1) is 7.65. The highest BCUT2D eigenvalue weighted by Crippen LogP contribution is 2.21. The van der Waals surface area contributed by atoms with Crippen molar-refractivity contribution in [3.63, 3.8) is 0 Å². The third-order valence-corrected chi connectivity index (χ3v) is 3.26. The molecule has 1 atom stereocenters. The van der Waals surface area contributed by atoms with E-state index in [4.69, 9.17) is 5.73 Å². The number of aliphatic hydroxyl groups is 1. The van der Waals surface area contributed by atoms with Crippen LogP contribution in [0, 0.1) is 6.92 Å². The summed E-state index contributed by atoms with van der Waals surface area (Å²) in [4.78, 5) is 8.16. The number of aliphatic hydroxyl groups excluding tert-OH is 1. The molecule has 0 saturated carbocycles. The summed E-state index contributed by atoms with van der Waals surface area (Å²) in [5.74, 6) is 0.472. The fraction of sp³-hybridized carbons (Fsp3) is 0.273. The summed E-state index contributed by atoms with van der Waals surface area (Å²) >= 11 is 1.47. The summed E-state index contributed by atoms with van der Waals surface area (Å²) < 4.78 is 0. The molecule has 2 rings (SSSR count). The van der Waals surface area contributed by atoms with Gasteiger partial charge in [-0.1, -0.05) is 0 Å². The maximum absolute atomic E-state index is 9.96. The van der Waals surface area contributed by atoms with E-state index in [1.807, 2.05) is 18.4 Å². The number of anilines is 1. The Morgan fingerprint density at radius 3 is 3.00 bits per heavy atom. The summed E-state index contributed by atoms with van der Waals surface area (Å²) in [6.07, 6.45) is 1.59. The second-order valence-electron chi connectivity index (χ2n) is 3.64. The number of nitrogens with zero attached hydrogens (tertiary/aromatic N) is 2. The third-order valence-electron chi connectivity index (χ3n) is 2.20. The Labute approximate surface area is 97.8 Å². The molecule has 0 aromatic carbocycles. The summed E-state index contributed by atoms with van der Waals surface area (Å²) in [5.41, 5.74) is 7.48. The topological polar surface area (TPSA) is 72.0 Å². The Hall–Kier alpha value is -1.46. The van der Waals surface area contributed by atoms with Crippen LogP contribution in [-0.4, -0.2) is 15.1 Å². The van der Waals surface area contributed by atoms with E-state index in [0.29, 0.717) is 12.2 Å². The molecule has 0 spiro atoms. The fourth-order valence-electron chi connectivity index (χ4n) is 1.46. The van der Waals surface area contributed by atoms with Crippen LogP contribution < -0.4 is 5.73 Å². The maximum Gasteiger partial charge on any atom is 0.123 e. The van der Waals surface area contributed by atoms with Crippen LogP contribution in [0.4, 0.5) is 5.82 Å². The molecule has 2 aromatic rings. The Morgan fingerprint density at radius 2 is 2.38 bits per heavy atom. The molecule has 16 heavy (non-hydrogen) atoms. The van der Waals surface area contributed by atoms with E-state index in [2.05, 4.69) is 9.97 Å². The first kappa shape index (κ1) is 11.0. The van der Waals surface area contributed by atoms with Crippen molar-refractivity contribution in [1.82, 2.24) is 9.97 Å². The van der Waals surface area contributed by atoms with E-state index in [0.717, 1.165) is 16.3 Å². The number of pyridine rings is 1. The number of hydrogen-bond donors (Lipinski definition) is 2. The predicted octanol–water partition coefficient (Wildman–Crippen LogP) is 1.70. The molecule has 2 heterocycles. The minimum absolute atomic E-state index is 0.472. The van der Waals surface area contributed by atoms with Crippen molar-refractivity contribution in [3.05, 3.63) is 40.0 Å². The van der Waals surface area contributed by atoms with Gasteiger partial charge in [-0.15, -0.1) is 11.3 Å². The largest absolute Gasteiger partial charge is 0.386 e. The SMILES string of the molecule is Cc1csc(C(O)Cc2ccnc(N)c2)n1. The summed E-state index contributed by atoms with van der Waals surface area (Å²) in [7, 11) is 0. The van der Waals surface area contributed by atoms with Gasteiger partial charge in [-0.3, -0.25) is 0 Å². The Balaban J connectivity index is 2.10. The van der Waals surface area contributed by atoms with E-state index in [-0.39, 0.29) is 0 Å². The molecular formula is C11H13N3OS. The van der Waals surface area contributed by atoms with Crippen molar-refractivity contribution in [3.8, 4) is 0 Å². The lowest BCUT2D eigenvalue weighted by molar-refractivity contribution is 0.178. The predicted molar refractivity (Wildman–Crippen MR) is 64.2 cm³/mol. The van der Waals surface area contributed by atoms with Gasteiger partial charge in [0.15, 0.2) is 0 Å². The van der Waals surface area contributed by atoms with Gasteiger partial charge >= 0.3 is 0 Å². The first-order valence-electron chi connectivity index (χ1n) is 4.95. The van der Waals surface area contributed by atoms with Gasteiger partial charge in [0.25, 0.3) is 0 Å². The Kier molecular flexibility index (Phi) is 3.17. The molecule has 0 bridgehead atoms. The lowest BCUT2D eigenvalue weighted by atomic mass is 10.1. The summed E-state index contributed by atoms with van der Waals surface area (Å²) in [6, 6.07) is 3.61. The molecule has 0 radical (unpaired) electrons. The lowest BCUT2D eigenvalue weighted by Gasteiger charge is -2.07. The second-order valence-corrected chi connectivity index (χ2v) is 4.53. The molecule has 0 aliphatic heterocycles. The van der Waals surface area contributed by atoms with Crippen molar-refractivity contribution < 1.29 is 5.11 Å². The van der Waals surface area contributed by atoms with Crippen LogP contribution in [0.25, 0.3) is 0 Å². The number of thiazole rings is 1. The third kappa shape index (κ3) is 2.56. The minimum Gasteiger partial charge on any atom is -0.386 e. The summed E-state index contributed by atoms with van der Waals surface area (Å²) in [6.45, 7) is 1.91. The molecule has 3 N–H and O–H groups in total. The van der Waals surface area contributed by atoms with Gasteiger partial charge in [0, 0.05) is 23.7 Å². The normalized spacial score (nSPS) is 12.6. The van der Waals surface area contributed by atoms with E-state index >= 15 is 0 Å². The molecule has 0 fully saturated rings. The zero-order valence-electron chi connectivity index (χ0n) is 8.92. The number of aromatic nitrogens is 2. The van der Waals surface area contributed by atoms with Gasteiger partial charge in [0.05, 0.1) is 0 Å². The van der Waals surface area contributed by atoms with Crippen LogP contribution in [0.2, 0.25) is 0 Å². The van der Waals surface area contributed by atoms with Gasteiger partial charge in [-0.25, -0.2) is 9.97 Å². The van der Waals surface area contributed by atoms with Crippen LogP contribution in [0.3, 0.4) is 0 Å². The standard InChI is InChI=1S/C11H13N3OS/c1-7-6-16-11(14-7)9(15)4-8-2-3-13-10(12)5-8/h2-3,5-6,9,15H,4H2,1H3,(H2,12,13). The number of nitrogen functional groups attached to an aromatic ring is 1. The van der Waals surface area contributed by atoms with Crippen LogP contribution >= 0.6 is 11.3 Å². The van der Waals surface area contributed by atoms with E-state index in [1.165, 1.54) is 11.3 Å². The highest BCUT2D eigenvalue weighted by atomic mass is 32.1. The molecule has 0 amide bonds. The Bertz CT molecular complexity index is 484. The van der Waals surface area contributed by atoms with Crippen LogP contribution in [0.5, 0.6) is 0 Å². The zero-order chi connectivity index (χ0) is 11.5. The molecule has 1 unspecified atom stereocenters. The zero-order valence-corrected chi connectivity index (χ0v) is 9.74. The molecule has 0 saturated heterocycles. The van der Waals surface area contributed by atoms with Gasteiger partial charge in [0.1, 0.15) is 16.9 Å². The quantitative estimate of drug-likeness (QED) is 0.849. The molecule has 84 valence electrons. The van der Waals surface area contributed by atoms with Gasteiger partial charge in [-0.2, -0.15) is 0 Å². The lowest BCUT2D eigenvalue weighted by Crippen LogP contribution is -2.02.